The molecule has 0 amide bonds. The summed E-state index contributed by atoms with van der Waals surface area (Å²) < 4.78 is 0. The van der Waals surface area contributed by atoms with E-state index in [0.717, 1.165) is 25.6 Å². The van der Waals surface area contributed by atoms with Gasteiger partial charge in [0.2, 0.25) is 0 Å². The zero-order valence-corrected chi connectivity index (χ0v) is 6.98. The highest BCUT2D eigenvalue weighted by molar-refractivity contribution is 4.78. The van der Waals surface area contributed by atoms with Crippen molar-refractivity contribution >= 4 is 0 Å². The van der Waals surface area contributed by atoms with Gasteiger partial charge in [-0.05, 0) is 5.92 Å². The number of rotatable bonds is 2. The van der Waals surface area contributed by atoms with E-state index >= 15 is 0 Å². The Hall–Kier alpha value is -0.0800. The van der Waals surface area contributed by atoms with E-state index in [1.807, 2.05) is 0 Å². The van der Waals surface area contributed by atoms with Crippen LogP contribution >= 0.6 is 0 Å². The van der Waals surface area contributed by atoms with Crippen molar-refractivity contribution in [3.8, 4) is 0 Å². The van der Waals surface area contributed by atoms with Gasteiger partial charge >= 0.3 is 0 Å². The molecule has 0 aromatic carbocycles. The van der Waals surface area contributed by atoms with Gasteiger partial charge in [-0.15, -0.1) is 0 Å². The smallest absolute Gasteiger partial charge is 0.0218 e. The molecule has 2 N–H and O–H groups in total. The van der Waals surface area contributed by atoms with E-state index in [-0.39, 0.29) is 0 Å². The van der Waals surface area contributed by atoms with Crippen LogP contribution in [0.25, 0.3) is 0 Å². The molecule has 60 valence electrons. The van der Waals surface area contributed by atoms with E-state index in [1.165, 1.54) is 6.42 Å². The highest BCUT2D eigenvalue weighted by atomic mass is 15.1. The summed E-state index contributed by atoms with van der Waals surface area (Å²) in [4.78, 5) is 0. The molecule has 0 unspecified atom stereocenters. The number of piperazine rings is 1. The zero-order valence-electron chi connectivity index (χ0n) is 6.98. The number of hydrogen-bond acceptors (Lipinski definition) is 2. The molecule has 0 aromatic rings. The first-order chi connectivity index (χ1) is 4.84. The van der Waals surface area contributed by atoms with Crippen LogP contribution in [0.5, 0.6) is 0 Å². The predicted octanol–water partition coefficient (Wildman–Crippen LogP) is 0.594. The van der Waals surface area contributed by atoms with Gasteiger partial charge in [-0.2, -0.15) is 0 Å². The third kappa shape index (κ3) is 1.96. The van der Waals surface area contributed by atoms with Crippen molar-refractivity contribution in [1.82, 2.24) is 10.6 Å². The van der Waals surface area contributed by atoms with Crippen LogP contribution in [0, 0.1) is 5.92 Å². The molecule has 0 aromatic heterocycles. The van der Waals surface area contributed by atoms with Crippen LogP contribution < -0.4 is 10.6 Å². The molecule has 2 atom stereocenters. The van der Waals surface area contributed by atoms with Crippen molar-refractivity contribution in [1.29, 1.82) is 0 Å². The summed E-state index contributed by atoms with van der Waals surface area (Å²) in [5.41, 5.74) is 0. The molecule has 1 aliphatic heterocycles. The second-order valence-electron chi connectivity index (χ2n) is 3.15. The van der Waals surface area contributed by atoms with E-state index in [9.17, 15) is 0 Å². The van der Waals surface area contributed by atoms with Crippen molar-refractivity contribution in [2.75, 3.05) is 19.6 Å². The second-order valence-corrected chi connectivity index (χ2v) is 3.15. The molecule has 0 bridgehead atoms. The van der Waals surface area contributed by atoms with Gasteiger partial charge in [-0.3, -0.25) is 0 Å². The molecule has 0 spiro atoms. The van der Waals surface area contributed by atoms with Gasteiger partial charge < -0.3 is 10.6 Å². The topological polar surface area (TPSA) is 24.1 Å². The molecular weight excluding hydrogens is 124 g/mol. The maximum absolute atomic E-state index is 3.51. The third-order valence-corrected chi connectivity index (χ3v) is 2.40. The summed E-state index contributed by atoms with van der Waals surface area (Å²) in [5, 5.41) is 6.89. The number of nitrogens with one attached hydrogen (secondary N) is 2. The Kier molecular flexibility index (Phi) is 3.16. The Morgan fingerprint density at radius 2 is 2.30 bits per heavy atom. The Morgan fingerprint density at radius 1 is 1.50 bits per heavy atom. The summed E-state index contributed by atoms with van der Waals surface area (Å²) in [7, 11) is 0. The van der Waals surface area contributed by atoms with E-state index < -0.39 is 0 Å². The molecule has 10 heavy (non-hydrogen) atoms. The average Bonchev–Trinajstić information content (AvgIpc) is 2.05. The van der Waals surface area contributed by atoms with Crippen LogP contribution in [0.4, 0.5) is 0 Å². The normalized spacial score (nSPS) is 30.0. The highest BCUT2D eigenvalue weighted by Crippen LogP contribution is 2.07. The minimum atomic E-state index is 0.707. The van der Waals surface area contributed by atoms with Crippen LogP contribution in [0.3, 0.4) is 0 Å². The molecule has 0 aliphatic carbocycles. The fraction of sp³-hybridized carbons (Fsp3) is 1.00. The lowest BCUT2D eigenvalue weighted by Gasteiger charge is -2.28. The summed E-state index contributed by atoms with van der Waals surface area (Å²) in [6, 6.07) is 0.707. The zero-order chi connectivity index (χ0) is 7.40. The first-order valence-electron chi connectivity index (χ1n) is 4.28. The van der Waals surface area contributed by atoms with E-state index in [0.29, 0.717) is 6.04 Å². The maximum Gasteiger partial charge on any atom is 0.0218 e. The quantitative estimate of drug-likeness (QED) is 0.590. The van der Waals surface area contributed by atoms with E-state index in [4.69, 9.17) is 0 Å². The van der Waals surface area contributed by atoms with Crippen molar-refractivity contribution in [2.45, 2.75) is 26.3 Å². The van der Waals surface area contributed by atoms with Gasteiger partial charge in [0.05, 0.1) is 0 Å². The van der Waals surface area contributed by atoms with Crippen molar-refractivity contribution in [3.63, 3.8) is 0 Å². The predicted molar refractivity (Wildman–Crippen MR) is 44.1 cm³/mol. The van der Waals surface area contributed by atoms with Gasteiger partial charge in [-0.25, -0.2) is 0 Å². The van der Waals surface area contributed by atoms with E-state index in [1.54, 1.807) is 0 Å². The second kappa shape index (κ2) is 3.94. The summed E-state index contributed by atoms with van der Waals surface area (Å²) in [6.07, 6.45) is 1.28. The maximum atomic E-state index is 3.51. The average molecular weight is 142 g/mol. The Morgan fingerprint density at radius 3 is 2.80 bits per heavy atom. The molecule has 1 fully saturated rings. The van der Waals surface area contributed by atoms with Crippen molar-refractivity contribution in [3.05, 3.63) is 0 Å². The van der Waals surface area contributed by atoms with Crippen LogP contribution in [0.2, 0.25) is 0 Å². The molecule has 2 nitrogen and oxygen atoms in total. The van der Waals surface area contributed by atoms with Crippen LogP contribution in [0.1, 0.15) is 20.3 Å². The van der Waals surface area contributed by atoms with Gasteiger partial charge in [0, 0.05) is 25.7 Å². The summed E-state index contributed by atoms with van der Waals surface area (Å²) in [6.45, 7) is 7.97. The van der Waals surface area contributed by atoms with Crippen LogP contribution in [-0.2, 0) is 0 Å². The molecule has 2 heteroatoms. The third-order valence-electron chi connectivity index (χ3n) is 2.40. The van der Waals surface area contributed by atoms with Gasteiger partial charge in [-0.1, -0.05) is 20.3 Å². The van der Waals surface area contributed by atoms with Crippen LogP contribution in [0.15, 0.2) is 0 Å². The molecule has 0 saturated carbocycles. The van der Waals surface area contributed by atoms with Crippen molar-refractivity contribution in [2.24, 2.45) is 5.92 Å². The molecule has 1 aliphatic rings. The monoisotopic (exact) mass is 142 g/mol. The Balaban J connectivity index is 2.24. The fourth-order valence-electron chi connectivity index (χ4n) is 1.36. The first kappa shape index (κ1) is 8.02. The Labute approximate surface area is 63.4 Å². The minimum Gasteiger partial charge on any atom is -0.314 e. The summed E-state index contributed by atoms with van der Waals surface area (Å²) in [5.74, 6) is 0.813. The van der Waals surface area contributed by atoms with Gasteiger partial charge in [0.25, 0.3) is 0 Å². The summed E-state index contributed by atoms with van der Waals surface area (Å²) >= 11 is 0. The Bertz CT molecular complexity index is 87.3. The fourth-order valence-corrected chi connectivity index (χ4v) is 1.36. The first-order valence-corrected chi connectivity index (χ1v) is 4.28. The SMILES string of the molecule is CC[C@H](C)[C@H]1CNCCN1. The molecule has 0 radical (unpaired) electrons. The molecule has 1 rings (SSSR count). The van der Waals surface area contributed by atoms with Gasteiger partial charge in [0.1, 0.15) is 0 Å². The molecule has 1 saturated heterocycles. The lowest BCUT2D eigenvalue weighted by Crippen LogP contribution is -2.51. The largest absolute Gasteiger partial charge is 0.314 e. The van der Waals surface area contributed by atoms with Crippen molar-refractivity contribution < 1.29 is 0 Å². The molecular formula is C8H18N2. The van der Waals surface area contributed by atoms with Gasteiger partial charge in [0.15, 0.2) is 0 Å². The standard InChI is InChI=1S/C8H18N2/c1-3-7(2)8-6-9-4-5-10-8/h7-10H,3-6H2,1-2H3/t7-,8+/m0/s1. The lowest BCUT2D eigenvalue weighted by molar-refractivity contribution is 0.319. The highest BCUT2D eigenvalue weighted by Gasteiger charge is 2.16. The molecule has 1 heterocycles. The number of hydrogen-bond donors (Lipinski definition) is 2. The minimum absolute atomic E-state index is 0.707. The van der Waals surface area contributed by atoms with Crippen LogP contribution in [-0.4, -0.2) is 25.7 Å². The lowest BCUT2D eigenvalue weighted by atomic mass is 9.98. The van der Waals surface area contributed by atoms with E-state index in [2.05, 4.69) is 24.5 Å².